The molecule has 2 amide bonds. The summed E-state index contributed by atoms with van der Waals surface area (Å²) in [5.41, 5.74) is 1.25. The van der Waals surface area contributed by atoms with Gasteiger partial charge in [-0.25, -0.2) is 0 Å². The quantitative estimate of drug-likeness (QED) is 0.752. The van der Waals surface area contributed by atoms with Gasteiger partial charge in [-0.05, 0) is 50.6 Å². The molecule has 0 bridgehead atoms. The molecule has 2 saturated heterocycles. The molecule has 1 aromatic rings. The normalized spacial score (nSPS) is 23.8. The molecule has 0 aromatic heterocycles. The molecule has 2 aliphatic heterocycles. The standard InChI is InChI=1S/C21H31N3O2S/c1-16(27-15-17-7-3-2-4-8-17)21(26)24-12-6-9-18(14-24)13-23-20(25)19-10-5-11-22-19/h2-4,7-8,16,18-19,22H,5-6,9-15H2,1H3,(H,23,25). The van der Waals surface area contributed by atoms with E-state index in [0.717, 1.165) is 51.1 Å². The predicted molar refractivity (Wildman–Crippen MR) is 111 cm³/mol. The molecule has 0 radical (unpaired) electrons. The molecule has 2 heterocycles. The first-order chi connectivity index (χ1) is 13.1. The summed E-state index contributed by atoms with van der Waals surface area (Å²) in [7, 11) is 0. The first kappa shape index (κ1) is 20.2. The lowest BCUT2D eigenvalue weighted by Gasteiger charge is -2.34. The van der Waals surface area contributed by atoms with Crippen LogP contribution < -0.4 is 10.6 Å². The molecule has 0 spiro atoms. The Labute approximate surface area is 166 Å². The minimum absolute atomic E-state index is 0.0271. The lowest BCUT2D eigenvalue weighted by molar-refractivity contribution is -0.132. The van der Waals surface area contributed by atoms with E-state index in [2.05, 4.69) is 22.8 Å². The Morgan fingerprint density at radius 3 is 2.81 bits per heavy atom. The highest BCUT2D eigenvalue weighted by Crippen LogP contribution is 2.23. The van der Waals surface area contributed by atoms with Crippen LogP contribution in [0.5, 0.6) is 0 Å². The minimum atomic E-state index is -0.0405. The van der Waals surface area contributed by atoms with Crippen LogP contribution in [0.2, 0.25) is 0 Å². The van der Waals surface area contributed by atoms with Crippen molar-refractivity contribution >= 4 is 23.6 Å². The number of carbonyl (C=O) groups is 2. The van der Waals surface area contributed by atoms with Gasteiger partial charge in [-0.1, -0.05) is 30.3 Å². The Balaban J connectivity index is 1.42. The highest BCUT2D eigenvalue weighted by molar-refractivity contribution is 7.99. The van der Waals surface area contributed by atoms with E-state index >= 15 is 0 Å². The Hall–Kier alpha value is -1.53. The number of amides is 2. The fraction of sp³-hybridized carbons (Fsp3) is 0.619. The van der Waals surface area contributed by atoms with Crippen LogP contribution in [0.15, 0.2) is 30.3 Å². The van der Waals surface area contributed by atoms with Crippen molar-refractivity contribution in [2.75, 3.05) is 26.2 Å². The second-order valence-electron chi connectivity index (χ2n) is 7.63. The molecule has 3 rings (SSSR count). The molecule has 5 nitrogen and oxygen atoms in total. The molecular formula is C21H31N3O2S. The summed E-state index contributed by atoms with van der Waals surface area (Å²) in [6, 6.07) is 10.3. The number of hydrogen-bond acceptors (Lipinski definition) is 4. The second-order valence-corrected chi connectivity index (χ2v) is 8.95. The second kappa shape index (κ2) is 10.1. The van der Waals surface area contributed by atoms with Crippen LogP contribution in [0.4, 0.5) is 0 Å². The van der Waals surface area contributed by atoms with E-state index in [4.69, 9.17) is 0 Å². The predicted octanol–water partition coefficient (Wildman–Crippen LogP) is 2.42. The molecule has 3 atom stereocenters. The summed E-state index contributed by atoms with van der Waals surface area (Å²) in [5.74, 6) is 1.56. The zero-order valence-corrected chi connectivity index (χ0v) is 17.0. The summed E-state index contributed by atoms with van der Waals surface area (Å²) >= 11 is 1.70. The van der Waals surface area contributed by atoms with Gasteiger partial charge in [0.1, 0.15) is 0 Å². The van der Waals surface area contributed by atoms with E-state index in [1.54, 1.807) is 11.8 Å². The summed E-state index contributed by atoms with van der Waals surface area (Å²) < 4.78 is 0. The maximum absolute atomic E-state index is 12.8. The van der Waals surface area contributed by atoms with Gasteiger partial charge in [0.05, 0.1) is 11.3 Å². The zero-order valence-electron chi connectivity index (χ0n) is 16.2. The van der Waals surface area contributed by atoms with Gasteiger partial charge < -0.3 is 15.5 Å². The third-order valence-corrected chi connectivity index (χ3v) is 6.66. The van der Waals surface area contributed by atoms with E-state index in [1.807, 2.05) is 30.0 Å². The van der Waals surface area contributed by atoms with Crippen molar-refractivity contribution in [1.29, 1.82) is 0 Å². The molecule has 1 aromatic carbocycles. The number of piperidine rings is 1. The summed E-state index contributed by atoms with van der Waals surface area (Å²) in [6.45, 7) is 5.21. The van der Waals surface area contributed by atoms with Crippen LogP contribution in [0, 0.1) is 5.92 Å². The molecule has 2 fully saturated rings. The van der Waals surface area contributed by atoms with Crippen molar-refractivity contribution < 1.29 is 9.59 Å². The SMILES string of the molecule is CC(SCc1ccccc1)C(=O)N1CCCC(CNC(=O)C2CCCN2)C1. The van der Waals surface area contributed by atoms with Crippen molar-refractivity contribution in [3.63, 3.8) is 0 Å². The summed E-state index contributed by atoms with van der Waals surface area (Å²) in [5, 5.41) is 6.28. The smallest absolute Gasteiger partial charge is 0.237 e. The lowest BCUT2D eigenvalue weighted by Crippen LogP contribution is -2.48. The number of nitrogens with zero attached hydrogens (tertiary/aromatic N) is 1. The summed E-state index contributed by atoms with van der Waals surface area (Å²) in [4.78, 5) is 27.0. The van der Waals surface area contributed by atoms with Crippen molar-refractivity contribution in [2.45, 2.75) is 49.7 Å². The average Bonchev–Trinajstić information content (AvgIpc) is 3.25. The largest absolute Gasteiger partial charge is 0.354 e. The van der Waals surface area contributed by atoms with E-state index in [-0.39, 0.29) is 23.1 Å². The van der Waals surface area contributed by atoms with Crippen LogP contribution in [-0.2, 0) is 15.3 Å². The van der Waals surface area contributed by atoms with Crippen LogP contribution >= 0.6 is 11.8 Å². The minimum Gasteiger partial charge on any atom is -0.354 e. The van der Waals surface area contributed by atoms with Gasteiger partial charge in [0.25, 0.3) is 0 Å². The molecule has 0 aliphatic carbocycles. The van der Waals surface area contributed by atoms with Gasteiger partial charge in [0.15, 0.2) is 0 Å². The highest BCUT2D eigenvalue weighted by Gasteiger charge is 2.28. The number of nitrogens with one attached hydrogen (secondary N) is 2. The Bertz CT molecular complexity index is 619. The van der Waals surface area contributed by atoms with Gasteiger partial charge >= 0.3 is 0 Å². The number of thioether (sulfide) groups is 1. The molecule has 27 heavy (non-hydrogen) atoms. The average molecular weight is 390 g/mol. The Kier molecular flexibility index (Phi) is 7.59. The molecule has 0 saturated carbocycles. The summed E-state index contributed by atoms with van der Waals surface area (Å²) in [6.07, 6.45) is 4.09. The Morgan fingerprint density at radius 2 is 2.07 bits per heavy atom. The van der Waals surface area contributed by atoms with E-state index in [1.165, 1.54) is 5.56 Å². The highest BCUT2D eigenvalue weighted by atomic mass is 32.2. The number of rotatable bonds is 7. The number of carbonyl (C=O) groups excluding carboxylic acids is 2. The van der Waals surface area contributed by atoms with Gasteiger partial charge in [-0.2, -0.15) is 0 Å². The monoisotopic (exact) mass is 389 g/mol. The van der Waals surface area contributed by atoms with Crippen LogP contribution in [-0.4, -0.2) is 54.2 Å². The van der Waals surface area contributed by atoms with Gasteiger partial charge in [-0.3, -0.25) is 9.59 Å². The molecule has 148 valence electrons. The molecule has 2 aliphatic rings. The van der Waals surface area contributed by atoms with E-state index in [0.29, 0.717) is 12.5 Å². The lowest BCUT2D eigenvalue weighted by atomic mass is 9.97. The van der Waals surface area contributed by atoms with E-state index < -0.39 is 0 Å². The maximum Gasteiger partial charge on any atom is 0.237 e. The van der Waals surface area contributed by atoms with Crippen molar-refractivity contribution in [3.05, 3.63) is 35.9 Å². The van der Waals surface area contributed by atoms with Crippen LogP contribution in [0.3, 0.4) is 0 Å². The first-order valence-corrected chi connectivity index (χ1v) is 11.1. The number of hydrogen-bond donors (Lipinski definition) is 2. The molecule has 3 unspecified atom stereocenters. The third-order valence-electron chi connectivity index (χ3n) is 5.46. The topological polar surface area (TPSA) is 61.4 Å². The Morgan fingerprint density at radius 1 is 1.26 bits per heavy atom. The maximum atomic E-state index is 12.8. The molecule has 6 heteroatoms. The molecule has 2 N–H and O–H groups in total. The van der Waals surface area contributed by atoms with Gasteiger partial charge in [0.2, 0.25) is 11.8 Å². The third kappa shape index (κ3) is 5.98. The fourth-order valence-corrected chi connectivity index (χ4v) is 4.76. The van der Waals surface area contributed by atoms with Crippen molar-refractivity contribution in [2.24, 2.45) is 5.92 Å². The van der Waals surface area contributed by atoms with E-state index in [9.17, 15) is 9.59 Å². The zero-order chi connectivity index (χ0) is 19.1. The number of likely N-dealkylation sites (tertiary alicyclic amines) is 1. The first-order valence-electron chi connectivity index (χ1n) is 10.1. The van der Waals surface area contributed by atoms with Gasteiger partial charge in [-0.15, -0.1) is 11.8 Å². The fourth-order valence-electron chi connectivity index (χ4n) is 3.83. The van der Waals surface area contributed by atoms with Crippen molar-refractivity contribution in [1.82, 2.24) is 15.5 Å². The molecular weight excluding hydrogens is 358 g/mol. The number of benzene rings is 1. The van der Waals surface area contributed by atoms with Crippen molar-refractivity contribution in [3.8, 4) is 0 Å². The van der Waals surface area contributed by atoms with Crippen LogP contribution in [0.25, 0.3) is 0 Å². The van der Waals surface area contributed by atoms with Crippen LogP contribution in [0.1, 0.15) is 38.2 Å². The van der Waals surface area contributed by atoms with Gasteiger partial charge in [0, 0.05) is 25.4 Å².